The summed E-state index contributed by atoms with van der Waals surface area (Å²) in [5.74, 6) is -4.04. The van der Waals surface area contributed by atoms with Crippen LogP contribution in [-0.4, -0.2) is 47.7 Å². The van der Waals surface area contributed by atoms with Crippen LogP contribution < -0.4 is 10.1 Å². The Morgan fingerprint density at radius 3 is 1.69 bits per heavy atom. The maximum absolute atomic E-state index is 13.1. The lowest BCUT2D eigenvalue weighted by molar-refractivity contribution is -0.157. The first-order valence-corrected chi connectivity index (χ1v) is 10.7. The molecule has 9 nitrogen and oxygen atoms in total. The van der Waals surface area contributed by atoms with Gasteiger partial charge in [-0.1, -0.05) is 36.4 Å². The molecule has 3 rings (SSSR count). The summed E-state index contributed by atoms with van der Waals surface area (Å²) >= 11 is 0. The van der Waals surface area contributed by atoms with Crippen LogP contribution >= 0.6 is 0 Å². The number of hydrogen-bond donors (Lipinski definition) is 2. The number of ether oxygens (including phenoxy) is 3. The second-order valence-electron chi connectivity index (χ2n) is 7.17. The number of benzene rings is 3. The number of carboxylic acid groups (broad SMARTS) is 1. The lowest BCUT2D eigenvalue weighted by Gasteiger charge is -2.23. The lowest BCUT2D eigenvalue weighted by Crippen LogP contribution is -2.48. The minimum absolute atomic E-state index is 0.0683. The highest BCUT2D eigenvalue weighted by Gasteiger charge is 2.41. The Morgan fingerprint density at radius 1 is 0.743 bits per heavy atom. The maximum atomic E-state index is 13.1. The smallest absolute Gasteiger partial charge is 0.349 e. The molecule has 2 unspecified atom stereocenters. The van der Waals surface area contributed by atoms with E-state index >= 15 is 0 Å². The molecule has 0 radical (unpaired) electrons. The average molecular weight is 477 g/mol. The summed E-state index contributed by atoms with van der Waals surface area (Å²) in [5.41, 5.74) is 0.446. The Morgan fingerprint density at radius 2 is 1.23 bits per heavy atom. The van der Waals surface area contributed by atoms with Crippen LogP contribution in [0.1, 0.15) is 27.6 Å². The predicted octanol–water partition coefficient (Wildman–Crippen LogP) is 3.56. The number of nitrogens with one attached hydrogen (secondary N) is 1. The average Bonchev–Trinajstić information content (AvgIpc) is 2.88. The standard InChI is InChI=1S/C26H23NO8/c1-2-33-20-15-13-19(14-16-20)27-23(28)21(34-25(31)17-9-5-3-6-10-17)22(24(29)30)35-26(32)18-11-7-4-8-12-18/h3-16,21-22H,2H2,1H3,(H,27,28)(H,29,30). The molecule has 0 bridgehead atoms. The number of carboxylic acids is 1. The van der Waals surface area contributed by atoms with Gasteiger partial charge < -0.3 is 24.6 Å². The molecule has 3 aromatic carbocycles. The second-order valence-corrected chi connectivity index (χ2v) is 7.17. The monoisotopic (exact) mass is 477 g/mol. The van der Waals surface area contributed by atoms with Gasteiger partial charge in [0.05, 0.1) is 17.7 Å². The first-order chi connectivity index (χ1) is 16.9. The van der Waals surface area contributed by atoms with Gasteiger partial charge in [-0.2, -0.15) is 0 Å². The van der Waals surface area contributed by atoms with E-state index in [0.29, 0.717) is 12.4 Å². The molecule has 0 saturated heterocycles. The van der Waals surface area contributed by atoms with Crippen LogP contribution in [0.4, 0.5) is 5.69 Å². The van der Waals surface area contributed by atoms with E-state index in [1.54, 1.807) is 48.5 Å². The SMILES string of the molecule is CCOc1ccc(NC(=O)C(OC(=O)c2ccccc2)C(OC(=O)c2ccccc2)C(=O)O)cc1. The van der Waals surface area contributed by atoms with Gasteiger partial charge in [-0.05, 0) is 55.5 Å². The molecule has 0 fully saturated rings. The van der Waals surface area contributed by atoms with Crippen molar-refractivity contribution < 1.29 is 38.5 Å². The molecule has 1 amide bonds. The minimum Gasteiger partial charge on any atom is -0.494 e. The van der Waals surface area contributed by atoms with Crippen molar-refractivity contribution in [2.45, 2.75) is 19.1 Å². The molecule has 2 atom stereocenters. The van der Waals surface area contributed by atoms with Gasteiger partial charge in [-0.25, -0.2) is 14.4 Å². The zero-order valence-corrected chi connectivity index (χ0v) is 18.7. The number of esters is 2. The van der Waals surface area contributed by atoms with Gasteiger partial charge in [-0.3, -0.25) is 4.79 Å². The first kappa shape index (κ1) is 25.0. The molecule has 0 aliphatic carbocycles. The summed E-state index contributed by atoms with van der Waals surface area (Å²) in [7, 11) is 0. The van der Waals surface area contributed by atoms with Crippen LogP contribution in [0, 0.1) is 0 Å². The quantitative estimate of drug-likeness (QED) is 0.424. The summed E-state index contributed by atoms with van der Waals surface area (Å²) in [5, 5.41) is 12.3. The van der Waals surface area contributed by atoms with E-state index in [9.17, 15) is 24.3 Å². The highest BCUT2D eigenvalue weighted by atomic mass is 16.6. The van der Waals surface area contributed by atoms with Crippen molar-refractivity contribution >= 4 is 29.5 Å². The zero-order chi connectivity index (χ0) is 25.2. The third kappa shape index (κ3) is 6.91. The van der Waals surface area contributed by atoms with Gasteiger partial charge in [-0.15, -0.1) is 0 Å². The highest BCUT2D eigenvalue weighted by molar-refractivity contribution is 6.01. The van der Waals surface area contributed by atoms with Crippen molar-refractivity contribution in [3.63, 3.8) is 0 Å². The predicted molar refractivity (Wildman–Crippen MR) is 125 cm³/mol. The fraction of sp³-hybridized carbons (Fsp3) is 0.154. The summed E-state index contributed by atoms with van der Waals surface area (Å²) in [6.45, 7) is 2.28. The Balaban J connectivity index is 1.87. The summed E-state index contributed by atoms with van der Waals surface area (Å²) in [6.07, 6.45) is -4.10. The largest absolute Gasteiger partial charge is 0.494 e. The number of aliphatic carboxylic acids is 1. The number of carbonyl (C=O) groups excluding carboxylic acids is 3. The van der Waals surface area contributed by atoms with E-state index < -0.39 is 36.0 Å². The van der Waals surface area contributed by atoms with Gasteiger partial charge in [0.1, 0.15) is 5.75 Å². The van der Waals surface area contributed by atoms with Crippen molar-refractivity contribution in [3.8, 4) is 5.75 Å². The third-order valence-corrected chi connectivity index (χ3v) is 4.70. The van der Waals surface area contributed by atoms with Crippen LogP contribution in [0.5, 0.6) is 5.75 Å². The van der Waals surface area contributed by atoms with Crippen molar-refractivity contribution in [2.75, 3.05) is 11.9 Å². The van der Waals surface area contributed by atoms with Gasteiger partial charge >= 0.3 is 17.9 Å². The van der Waals surface area contributed by atoms with Crippen molar-refractivity contribution in [1.29, 1.82) is 0 Å². The van der Waals surface area contributed by atoms with E-state index in [4.69, 9.17) is 14.2 Å². The number of carbonyl (C=O) groups is 4. The lowest BCUT2D eigenvalue weighted by atomic mass is 10.1. The molecule has 2 N–H and O–H groups in total. The van der Waals surface area contributed by atoms with Gasteiger partial charge in [0, 0.05) is 5.69 Å². The number of rotatable bonds is 10. The summed E-state index contributed by atoms with van der Waals surface area (Å²) < 4.78 is 15.7. The van der Waals surface area contributed by atoms with Gasteiger partial charge in [0.15, 0.2) is 0 Å². The van der Waals surface area contributed by atoms with E-state index in [2.05, 4.69) is 5.32 Å². The molecule has 0 heterocycles. The molecular weight excluding hydrogens is 454 g/mol. The number of hydrogen-bond acceptors (Lipinski definition) is 7. The molecule has 9 heteroatoms. The van der Waals surface area contributed by atoms with E-state index in [0.717, 1.165) is 0 Å². The Kier molecular flexibility index (Phi) is 8.55. The summed E-state index contributed by atoms with van der Waals surface area (Å²) in [4.78, 5) is 50.3. The van der Waals surface area contributed by atoms with Crippen LogP contribution in [0.15, 0.2) is 84.9 Å². The molecule has 3 aromatic rings. The minimum atomic E-state index is -2.11. The van der Waals surface area contributed by atoms with E-state index in [-0.39, 0.29) is 16.8 Å². The van der Waals surface area contributed by atoms with Crippen molar-refractivity contribution in [1.82, 2.24) is 0 Å². The highest BCUT2D eigenvalue weighted by Crippen LogP contribution is 2.18. The Hall–Kier alpha value is -4.66. The fourth-order valence-electron chi connectivity index (χ4n) is 3.02. The summed E-state index contributed by atoms with van der Waals surface area (Å²) in [6, 6.07) is 21.6. The molecule has 0 spiro atoms. The third-order valence-electron chi connectivity index (χ3n) is 4.70. The van der Waals surface area contributed by atoms with Crippen LogP contribution in [-0.2, 0) is 19.1 Å². The Labute approximate surface area is 201 Å². The van der Waals surface area contributed by atoms with Crippen molar-refractivity contribution in [3.05, 3.63) is 96.1 Å². The van der Waals surface area contributed by atoms with Gasteiger partial charge in [0.25, 0.3) is 5.91 Å². The van der Waals surface area contributed by atoms with Crippen molar-refractivity contribution in [2.24, 2.45) is 0 Å². The molecule has 0 aromatic heterocycles. The molecule has 0 aliphatic rings. The molecule has 180 valence electrons. The normalized spacial score (nSPS) is 12.0. The molecule has 35 heavy (non-hydrogen) atoms. The fourth-order valence-corrected chi connectivity index (χ4v) is 3.02. The number of amides is 1. The Bertz CT molecular complexity index is 1160. The molecular formula is C26H23NO8. The van der Waals surface area contributed by atoms with E-state index in [1.807, 2.05) is 6.92 Å². The number of anilines is 1. The second kappa shape index (κ2) is 12.0. The molecule has 0 aliphatic heterocycles. The van der Waals surface area contributed by atoms with Crippen LogP contribution in [0.2, 0.25) is 0 Å². The topological polar surface area (TPSA) is 128 Å². The van der Waals surface area contributed by atoms with E-state index in [1.165, 1.54) is 36.4 Å². The zero-order valence-electron chi connectivity index (χ0n) is 18.7. The molecule has 0 saturated carbocycles. The van der Waals surface area contributed by atoms with Crippen LogP contribution in [0.3, 0.4) is 0 Å². The van der Waals surface area contributed by atoms with Gasteiger partial charge in [0.2, 0.25) is 12.2 Å². The maximum Gasteiger partial charge on any atom is 0.349 e. The first-order valence-electron chi connectivity index (χ1n) is 10.7. The van der Waals surface area contributed by atoms with Crippen LogP contribution in [0.25, 0.3) is 0 Å².